The van der Waals surface area contributed by atoms with Gasteiger partial charge in [0.05, 0.1) is 41.4 Å². The van der Waals surface area contributed by atoms with Gasteiger partial charge in [-0.3, -0.25) is 14.9 Å². The molecule has 0 saturated carbocycles. The van der Waals surface area contributed by atoms with E-state index in [1.54, 1.807) is 42.8 Å². The van der Waals surface area contributed by atoms with E-state index in [4.69, 9.17) is 9.47 Å². The smallest absolute Gasteiger partial charge is 0.336 e. The van der Waals surface area contributed by atoms with E-state index < -0.39 is 10.9 Å². The fraction of sp³-hybridized carbons (Fsp3) is 0.286. The van der Waals surface area contributed by atoms with Crippen LogP contribution in [0.2, 0.25) is 0 Å². The highest BCUT2D eigenvalue weighted by Crippen LogP contribution is 2.35. The lowest BCUT2D eigenvalue weighted by Gasteiger charge is -2.25. The van der Waals surface area contributed by atoms with Crippen LogP contribution in [0.3, 0.4) is 0 Å². The summed E-state index contributed by atoms with van der Waals surface area (Å²) in [4.78, 5) is 39.4. The van der Waals surface area contributed by atoms with Crippen LogP contribution in [0.4, 0.5) is 11.4 Å². The van der Waals surface area contributed by atoms with Crippen LogP contribution in [-0.2, 0) is 18.3 Å². The van der Waals surface area contributed by atoms with E-state index in [9.17, 15) is 24.8 Å². The molecule has 1 unspecified atom stereocenters. The SMILES string of the molecule is COc1cccc(CN(C(=O)c2cc(-c3cc([N+](=O)[O-])ccc3C(=O)O)n(C)c2C)c2ccc3c(cnn3C3CCCCO3)c2)c1C. The van der Waals surface area contributed by atoms with Gasteiger partial charge in [-0.2, -0.15) is 5.10 Å². The van der Waals surface area contributed by atoms with Crippen molar-refractivity contribution in [2.45, 2.75) is 45.9 Å². The Balaban J connectivity index is 1.46. The number of benzene rings is 3. The number of carboxylic acid groups (broad SMARTS) is 1. The summed E-state index contributed by atoms with van der Waals surface area (Å²) in [6.07, 6.45) is 4.61. The van der Waals surface area contributed by atoms with Gasteiger partial charge in [0.2, 0.25) is 0 Å². The molecule has 1 aliphatic rings. The molecule has 12 heteroatoms. The van der Waals surface area contributed by atoms with E-state index in [-0.39, 0.29) is 35.5 Å². The number of methoxy groups -OCH3 is 1. The highest BCUT2D eigenvalue weighted by atomic mass is 16.6. The quantitative estimate of drug-likeness (QED) is 0.137. The summed E-state index contributed by atoms with van der Waals surface area (Å²) in [6.45, 7) is 4.61. The molecular formula is C35H35N5O7. The number of carboxylic acids is 1. The van der Waals surface area contributed by atoms with Crippen LogP contribution in [0.5, 0.6) is 5.75 Å². The fourth-order valence-electron chi connectivity index (χ4n) is 6.22. The fourth-order valence-corrected chi connectivity index (χ4v) is 6.22. The monoisotopic (exact) mass is 637 g/mol. The Bertz CT molecular complexity index is 2020. The van der Waals surface area contributed by atoms with Gasteiger partial charge < -0.3 is 24.0 Å². The molecule has 1 saturated heterocycles. The number of carbonyl (C=O) groups excluding carboxylic acids is 1. The number of amides is 1. The third kappa shape index (κ3) is 5.83. The number of non-ortho nitro benzene ring substituents is 1. The molecule has 2 aromatic heterocycles. The second-order valence-corrected chi connectivity index (χ2v) is 11.7. The van der Waals surface area contributed by atoms with Gasteiger partial charge in [-0.1, -0.05) is 12.1 Å². The van der Waals surface area contributed by atoms with Crippen molar-refractivity contribution in [3.63, 3.8) is 0 Å². The molecule has 1 amide bonds. The molecule has 5 aromatic rings. The summed E-state index contributed by atoms with van der Waals surface area (Å²) in [5.74, 6) is -0.857. The van der Waals surface area contributed by atoms with Gasteiger partial charge in [0.1, 0.15) is 5.75 Å². The Morgan fingerprint density at radius 3 is 2.62 bits per heavy atom. The first kappa shape index (κ1) is 31.5. The minimum absolute atomic E-state index is 0.108. The zero-order chi connectivity index (χ0) is 33.4. The summed E-state index contributed by atoms with van der Waals surface area (Å²) >= 11 is 0. The number of nitro benzene ring substituents is 1. The van der Waals surface area contributed by atoms with Gasteiger partial charge in [0.15, 0.2) is 6.23 Å². The van der Waals surface area contributed by atoms with Crippen LogP contribution >= 0.6 is 0 Å². The zero-order valence-electron chi connectivity index (χ0n) is 26.6. The number of aromatic carboxylic acids is 1. The largest absolute Gasteiger partial charge is 0.496 e. The van der Waals surface area contributed by atoms with E-state index in [0.717, 1.165) is 47.4 Å². The Labute approximate surface area is 270 Å². The molecule has 0 spiro atoms. The lowest BCUT2D eigenvalue weighted by atomic mass is 10.0. The number of hydrogen-bond acceptors (Lipinski definition) is 7. The molecule has 1 fully saturated rings. The first-order valence-electron chi connectivity index (χ1n) is 15.3. The van der Waals surface area contributed by atoms with Gasteiger partial charge >= 0.3 is 5.97 Å². The average Bonchev–Trinajstić information content (AvgIpc) is 3.63. The Morgan fingerprint density at radius 1 is 1.11 bits per heavy atom. The predicted octanol–water partition coefficient (Wildman–Crippen LogP) is 6.82. The van der Waals surface area contributed by atoms with Crippen molar-refractivity contribution in [1.82, 2.24) is 14.3 Å². The normalized spacial score (nSPS) is 14.7. The van der Waals surface area contributed by atoms with Crippen LogP contribution in [0.1, 0.15) is 63.0 Å². The van der Waals surface area contributed by atoms with Crippen LogP contribution in [0.25, 0.3) is 22.2 Å². The van der Waals surface area contributed by atoms with Crippen molar-refractivity contribution in [1.29, 1.82) is 0 Å². The molecule has 0 bridgehead atoms. The van der Waals surface area contributed by atoms with Crippen LogP contribution < -0.4 is 9.64 Å². The Kier molecular flexibility index (Phi) is 8.52. The van der Waals surface area contributed by atoms with E-state index in [1.165, 1.54) is 12.1 Å². The molecule has 1 aliphatic heterocycles. The van der Waals surface area contributed by atoms with Crippen LogP contribution in [0, 0.1) is 24.0 Å². The summed E-state index contributed by atoms with van der Waals surface area (Å²) in [5, 5.41) is 26.9. The van der Waals surface area contributed by atoms with E-state index in [2.05, 4.69) is 5.10 Å². The summed E-state index contributed by atoms with van der Waals surface area (Å²) in [6, 6.07) is 16.7. The van der Waals surface area contributed by atoms with Crippen LogP contribution in [-0.4, -0.2) is 50.0 Å². The summed E-state index contributed by atoms with van der Waals surface area (Å²) < 4.78 is 15.1. The maximum atomic E-state index is 14.6. The number of rotatable bonds is 9. The van der Waals surface area contributed by atoms with Crippen molar-refractivity contribution in [3.8, 4) is 17.0 Å². The predicted molar refractivity (Wildman–Crippen MR) is 176 cm³/mol. The standard InChI is InChI=1S/C35H35N5O7/c1-21-23(8-7-9-32(21)46-4)20-38(25-12-14-30-24(16-25)19-36-39(30)33-10-5-6-15-47-33)34(41)28-18-31(37(3)22(28)2)29-17-26(40(44)45)11-13-27(29)35(42)43/h7-9,11-14,16-19,33H,5-6,10,15,20H2,1-4H3,(H,42,43). The minimum Gasteiger partial charge on any atom is -0.496 e. The molecule has 12 nitrogen and oxygen atoms in total. The van der Waals surface area contributed by atoms with Gasteiger partial charge in [0.25, 0.3) is 11.6 Å². The molecular weight excluding hydrogens is 602 g/mol. The average molecular weight is 638 g/mol. The number of carbonyl (C=O) groups is 2. The third-order valence-electron chi connectivity index (χ3n) is 9.00. The summed E-state index contributed by atoms with van der Waals surface area (Å²) in [7, 11) is 3.31. The number of nitrogens with zero attached hydrogens (tertiary/aromatic N) is 5. The highest BCUT2D eigenvalue weighted by molar-refractivity contribution is 6.09. The van der Waals surface area contributed by atoms with Crippen molar-refractivity contribution < 1.29 is 29.1 Å². The van der Waals surface area contributed by atoms with Gasteiger partial charge in [-0.15, -0.1) is 0 Å². The lowest BCUT2D eigenvalue weighted by Crippen LogP contribution is -2.31. The Hall–Kier alpha value is -5.49. The van der Waals surface area contributed by atoms with Crippen molar-refractivity contribution in [2.75, 3.05) is 18.6 Å². The van der Waals surface area contributed by atoms with Crippen molar-refractivity contribution in [2.24, 2.45) is 7.05 Å². The number of hydrogen-bond donors (Lipinski definition) is 1. The molecule has 1 N–H and O–H groups in total. The molecule has 47 heavy (non-hydrogen) atoms. The number of anilines is 1. The van der Waals surface area contributed by atoms with Crippen LogP contribution in [0.15, 0.2) is 66.9 Å². The zero-order valence-corrected chi connectivity index (χ0v) is 26.6. The molecule has 6 rings (SSSR count). The molecule has 242 valence electrons. The molecule has 3 aromatic carbocycles. The van der Waals surface area contributed by atoms with Crippen molar-refractivity contribution >= 4 is 34.2 Å². The topological polar surface area (TPSA) is 142 Å². The second kappa shape index (κ2) is 12.7. The highest BCUT2D eigenvalue weighted by Gasteiger charge is 2.28. The number of ether oxygens (including phenoxy) is 2. The second-order valence-electron chi connectivity index (χ2n) is 11.7. The Morgan fingerprint density at radius 2 is 1.91 bits per heavy atom. The lowest BCUT2D eigenvalue weighted by molar-refractivity contribution is -0.384. The first-order chi connectivity index (χ1) is 22.6. The number of nitro groups is 1. The maximum Gasteiger partial charge on any atom is 0.336 e. The molecule has 0 aliphatic carbocycles. The van der Waals surface area contributed by atoms with Crippen molar-refractivity contribution in [3.05, 3.63) is 105 Å². The molecule has 3 heterocycles. The first-order valence-corrected chi connectivity index (χ1v) is 15.3. The number of fused-ring (bicyclic) bond motifs is 1. The number of aromatic nitrogens is 3. The third-order valence-corrected chi connectivity index (χ3v) is 9.00. The van der Waals surface area contributed by atoms with E-state index >= 15 is 0 Å². The minimum atomic E-state index is -1.23. The van der Waals surface area contributed by atoms with Gasteiger partial charge in [0, 0.05) is 53.8 Å². The van der Waals surface area contributed by atoms with E-state index in [1.807, 2.05) is 48.0 Å². The van der Waals surface area contributed by atoms with Gasteiger partial charge in [-0.05, 0) is 80.6 Å². The molecule has 1 atom stereocenters. The summed E-state index contributed by atoms with van der Waals surface area (Å²) in [5.41, 5.74) is 4.37. The van der Waals surface area contributed by atoms with E-state index in [0.29, 0.717) is 35.0 Å². The maximum absolute atomic E-state index is 14.6. The molecule has 0 radical (unpaired) electrons. The van der Waals surface area contributed by atoms with Gasteiger partial charge in [-0.25, -0.2) is 9.48 Å².